The van der Waals surface area contributed by atoms with Gasteiger partial charge in [0.2, 0.25) is 5.91 Å². The third kappa shape index (κ3) is 3.65. The molecule has 7 heteroatoms. The first-order valence-electron chi connectivity index (χ1n) is 9.01. The summed E-state index contributed by atoms with van der Waals surface area (Å²) in [6.07, 6.45) is 2.70. The van der Waals surface area contributed by atoms with Crippen LogP contribution in [0.3, 0.4) is 0 Å². The van der Waals surface area contributed by atoms with E-state index in [1.807, 2.05) is 6.92 Å². The van der Waals surface area contributed by atoms with E-state index in [0.29, 0.717) is 18.4 Å². The lowest BCUT2D eigenvalue weighted by molar-refractivity contribution is -0.150. The van der Waals surface area contributed by atoms with Crippen LogP contribution in [0.15, 0.2) is 40.8 Å². The van der Waals surface area contributed by atoms with Crippen LogP contribution in [0.5, 0.6) is 0 Å². The molecule has 2 aliphatic rings. The first kappa shape index (κ1) is 19.6. The molecule has 1 heterocycles. The smallest absolute Gasteiger partial charge is 0.334 e. The Kier molecular flexibility index (Phi) is 4.70. The number of hydrogen-bond donors (Lipinski definition) is 0. The number of benzene rings is 1. The van der Waals surface area contributed by atoms with E-state index >= 15 is 0 Å². The van der Waals surface area contributed by atoms with Crippen molar-refractivity contribution in [2.24, 2.45) is 5.41 Å². The van der Waals surface area contributed by atoms with Crippen molar-refractivity contribution < 1.29 is 22.7 Å². The Balaban J connectivity index is 1.78. The molecule has 1 unspecified atom stereocenters. The number of allylic oxidation sites excluding steroid dienone is 1. The summed E-state index contributed by atoms with van der Waals surface area (Å²) in [5, 5.41) is 0. The average Bonchev–Trinajstić information content (AvgIpc) is 3.12. The van der Waals surface area contributed by atoms with Gasteiger partial charge in [0.1, 0.15) is 5.60 Å². The highest BCUT2D eigenvalue weighted by Crippen LogP contribution is 2.47. The van der Waals surface area contributed by atoms with Crippen molar-refractivity contribution >= 4 is 21.9 Å². The van der Waals surface area contributed by atoms with E-state index in [-0.39, 0.29) is 17.9 Å². The molecule has 0 saturated carbocycles. The van der Waals surface area contributed by atoms with Gasteiger partial charge in [-0.25, -0.2) is 17.5 Å². The summed E-state index contributed by atoms with van der Waals surface area (Å²) in [6.45, 7) is 7.35. The van der Waals surface area contributed by atoms with Crippen LogP contribution >= 0.6 is 0 Å². The Morgan fingerprint density at radius 2 is 1.81 bits per heavy atom. The Hall–Kier alpha value is -2.15. The lowest BCUT2D eigenvalue weighted by Crippen LogP contribution is -2.37. The fourth-order valence-electron chi connectivity index (χ4n) is 3.54. The molecule has 0 aromatic heterocycles. The van der Waals surface area contributed by atoms with Crippen molar-refractivity contribution in [2.75, 3.05) is 6.54 Å². The molecule has 1 spiro atoms. The Bertz CT molecular complexity index is 909. The second-order valence-corrected chi connectivity index (χ2v) is 10.2. The van der Waals surface area contributed by atoms with Crippen LogP contribution in [0.4, 0.5) is 0 Å². The monoisotopic (exact) mass is 391 g/mol. The van der Waals surface area contributed by atoms with Crippen LogP contribution in [0.25, 0.3) is 0 Å². The molecule has 1 aliphatic heterocycles. The second kappa shape index (κ2) is 6.48. The van der Waals surface area contributed by atoms with Gasteiger partial charge in [0.25, 0.3) is 10.0 Å². The van der Waals surface area contributed by atoms with E-state index in [1.54, 1.807) is 39.0 Å². The Morgan fingerprint density at radius 1 is 1.19 bits per heavy atom. The molecule has 1 saturated heterocycles. The standard InChI is InChI=1S/C20H25NO5S/c1-14-5-7-16(8-6-14)27(24,25)21-12-11-20(18(21)23)10-9-15(13-20)17(22)26-19(2,3)4/h5-9H,10-13H2,1-4H3. The Morgan fingerprint density at radius 3 is 2.41 bits per heavy atom. The number of ether oxygens (including phenoxy) is 1. The third-order valence-electron chi connectivity index (χ3n) is 5.01. The van der Waals surface area contributed by atoms with Gasteiger partial charge in [0, 0.05) is 12.1 Å². The van der Waals surface area contributed by atoms with Gasteiger partial charge in [-0.2, -0.15) is 0 Å². The topological polar surface area (TPSA) is 80.8 Å². The van der Waals surface area contributed by atoms with Crippen LogP contribution in [-0.4, -0.2) is 36.7 Å². The summed E-state index contributed by atoms with van der Waals surface area (Å²) in [7, 11) is -3.89. The van der Waals surface area contributed by atoms with Crippen molar-refractivity contribution in [3.8, 4) is 0 Å². The fourth-order valence-corrected chi connectivity index (χ4v) is 5.01. The number of hydrogen-bond acceptors (Lipinski definition) is 5. The van der Waals surface area contributed by atoms with E-state index in [0.717, 1.165) is 9.87 Å². The van der Waals surface area contributed by atoms with E-state index in [9.17, 15) is 18.0 Å². The van der Waals surface area contributed by atoms with Crippen LogP contribution in [0.2, 0.25) is 0 Å². The SMILES string of the molecule is Cc1ccc(S(=O)(=O)N2CCC3(CC=C(C(=O)OC(C)(C)C)C3)C2=O)cc1. The normalized spacial score (nSPS) is 23.0. The number of carbonyl (C=O) groups is 2. The largest absolute Gasteiger partial charge is 0.457 e. The molecular formula is C20H25NO5S. The van der Waals surface area contributed by atoms with Crippen molar-refractivity contribution in [1.82, 2.24) is 4.31 Å². The maximum atomic E-state index is 13.0. The number of aryl methyl sites for hydroxylation is 1. The van der Waals surface area contributed by atoms with E-state index in [4.69, 9.17) is 4.74 Å². The molecule has 0 radical (unpaired) electrons. The summed E-state index contributed by atoms with van der Waals surface area (Å²) in [5.74, 6) is -0.870. The summed E-state index contributed by atoms with van der Waals surface area (Å²) in [5.41, 5.74) is -0.0777. The fraction of sp³-hybridized carbons (Fsp3) is 0.500. The molecule has 1 atom stereocenters. The summed E-state index contributed by atoms with van der Waals surface area (Å²) < 4.78 is 32.1. The van der Waals surface area contributed by atoms with Gasteiger partial charge in [-0.15, -0.1) is 0 Å². The highest BCUT2D eigenvalue weighted by molar-refractivity contribution is 7.89. The highest BCUT2D eigenvalue weighted by atomic mass is 32.2. The number of amides is 1. The summed E-state index contributed by atoms with van der Waals surface area (Å²) in [4.78, 5) is 25.4. The average molecular weight is 391 g/mol. The zero-order chi connectivity index (χ0) is 20.0. The van der Waals surface area contributed by atoms with Gasteiger partial charge in [0.05, 0.1) is 10.3 Å². The lowest BCUT2D eigenvalue weighted by Gasteiger charge is -2.24. The van der Waals surface area contributed by atoms with Gasteiger partial charge in [-0.1, -0.05) is 23.8 Å². The van der Waals surface area contributed by atoms with Crippen molar-refractivity contribution in [3.05, 3.63) is 41.5 Å². The first-order chi connectivity index (χ1) is 12.4. The molecule has 0 bridgehead atoms. The van der Waals surface area contributed by atoms with Crippen molar-refractivity contribution in [1.29, 1.82) is 0 Å². The zero-order valence-electron chi connectivity index (χ0n) is 16.1. The number of sulfonamides is 1. The molecule has 1 aliphatic carbocycles. The minimum atomic E-state index is -3.89. The van der Waals surface area contributed by atoms with Gasteiger partial charge < -0.3 is 4.74 Å². The molecule has 27 heavy (non-hydrogen) atoms. The molecule has 3 rings (SSSR count). The highest BCUT2D eigenvalue weighted by Gasteiger charge is 2.53. The number of nitrogens with zero attached hydrogens (tertiary/aromatic N) is 1. The van der Waals surface area contributed by atoms with E-state index in [2.05, 4.69) is 0 Å². The predicted molar refractivity (Wildman–Crippen MR) is 100 cm³/mol. The van der Waals surface area contributed by atoms with Gasteiger partial charge >= 0.3 is 5.97 Å². The van der Waals surface area contributed by atoms with Crippen LogP contribution in [0.1, 0.15) is 45.6 Å². The molecule has 6 nitrogen and oxygen atoms in total. The van der Waals surface area contributed by atoms with Gasteiger partial charge in [0.15, 0.2) is 0 Å². The van der Waals surface area contributed by atoms with Crippen LogP contribution < -0.4 is 0 Å². The number of esters is 1. The predicted octanol–water partition coefficient (Wildman–Crippen LogP) is 2.96. The van der Waals surface area contributed by atoms with Crippen molar-refractivity contribution in [3.63, 3.8) is 0 Å². The molecule has 1 amide bonds. The van der Waals surface area contributed by atoms with E-state index in [1.165, 1.54) is 12.1 Å². The molecule has 1 aromatic carbocycles. The third-order valence-corrected chi connectivity index (χ3v) is 6.81. The summed E-state index contributed by atoms with van der Waals surface area (Å²) >= 11 is 0. The molecule has 1 fully saturated rings. The van der Waals surface area contributed by atoms with Crippen molar-refractivity contribution in [2.45, 2.75) is 57.5 Å². The van der Waals surface area contributed by atoms with Gasteiger partial charge in [-0.3, -0.25) is 4.79 Å². The van der Waals surface area contributed by atoms with E-state index < -0.39 is 32.9 Å². The minimum Gasteiger partial charge on any atom is -0.457 e. The second-order valence-electron chi connectivity index (χ2n) is 8.34. The minimum absolute atomic E-state index is 0.108. The maximum Gasteiger partial charge on any atom is 0.334 e. The zero-order valence-corrected chi connectivity index (χ0v) is 16.9. The Labute approximate surface area is 160 Å². The lowest BCUT2D eigenvalue weighted by atomic mass is 9.83. The molecule has 0 N–H and O–H groups in total. The number of carbonyl (C=O) groups excluding carboxylic acids is 2. The van der Waals surface area contributed by atoms with Crippen LogP contribution in [-0.2, 0) is 24.3 Å². The molecule has 1 aromatic rings. The number of rotatable bonds is 3. The molecule has 146 valence electrons. The maximum absolute atomic E-state index is 13.0. The first-order valence-corrected chi connectivity index (χ1v) is 10.4. The van der Waals surface area contributed by atoms with Gasteiger partial charge in [-0.05, 0) is 59.1 Å². The summed E-state index contributed by atoms with van der Waals surface area (Å²) in [6, 6.07) is 6.45. The quantitative estimate of drug-likeness (QED) is 0.740. The molecular weight excluding hydrogens is 366 g/mol. The van der Waals surface area contributed by atoms with Crippen LogP contribution in [0, 0.1) is 12.3 Å².